The molecule has 0 bridgehead atoms. The van der Waals surface area contributed by atoms with Crippen LogP contribution in [0.2, 0.25) is 0 Å². The molecule has 4 heteroatoms. The lowest BCUT2D eigenvalue weighted by Gasteiger charge is -2.33. The van der Waals surface area contributed by atoms with Gasteiger partial charge in [0.05, 0.1) is 11.8 Å². The molecule has 0 radical (unpaired) electrons. The molecule has 1 N–H and O–H groups in total. The highest BCUT2D eigenvalue weighted by molar-refractivity contribution is 5.85. The van der Waals surface area contributed by atoms with Gasteiger partial charge in [-0.05, 0) is 50.4 Å². The van der Waals surface area contributed by atoms with Crippen LogP contribution in [0.5, 0.6) is 0 Å². The predicted octanol–water partition coefficient (Wildman–Crippen LogP) is 2.53. The van der Waals surface area contributed by atoms with Crippen molar-refractivity contribution >= 4 is 11.9 Å². The first-order chi connectivity index (χ1) is 9.65. The Morgan fingerprint density at radius 1 is 0.850 bits per heavy atom. The zero-order valence-electron chi connectivity index (χ0n) is 12.1. The van der Waals surface area contributed by atoms with Gasteiger partial charge in [-0.2, -0.15) is 0 Å². The Balaban J connectivity index is 1.66. The normalized spacial score (nSPS) is 30.0. The number of aliphatic carboxylic acids is 1. The van der Waals surface area contributed by atoms with E-state index in [1.807, 2.05) is 4.90 Å². The Hall–Kier alpha value is -1.06. The monoisotopic (exact) mass is 279 g/mol. The van der Waals surface area contributed by atoms with Crippen LogP contribution in [0.25, 0.3) is 0 Å². The number of carbonyl (C=O) groups excluding carboxylic acids is 1. The van der Waals surface area contributed by atoms with Crippen molar-refractivity contribution < 1.29 is 14.7 Å². The zero-order valence-corrected chi connectivity index (χ0v) is 12.1. The molecule has 2 unspecified atom stereocenters. The molecule has 3 saturated carbocycles. The van der Waals surface area contributed by atoms with E-state index in [2.05, 4.69) is 0 Å². The third-order valence-electron chi connectivity index (χ3n) is 5.06. The van der Waals surface area contributed by atoms with E-state index in [9.17, 15) is 14.7 Å². The molecule has 0 aromatic rings. The van der Waals surface area contributed by atoms with Crippen LogP contribution in [0.3, 0.4) is 0 Å². The molecular formula is C16H25NO3. The van der Waals surface area contributed by atoms with Crippen molar-refractivity contribution in [2.24, 2.45) is 23.7 Å². The number of hydrogen-bond donors (Lipinski definition) is 1. The largest absolute Gasteiger partial charge is 0.481 e. The van der Waals surface area contributed by atoms with Gasteiger partial charge >= 0.3 is 5.97 Å². The molecule has 4 nitrogen and oxygen atoms in total. The fraction of sp³-hybridized carbons (Fsp3) is 0.875. The molecule has 3 fully saturated rings. The minimum atomic E-state index is -0.777. The Morgan fingerprint density at radius 3 is 1.80 bits per heavy atom. The van der Waals surface area contributed by atoms with Gasteiger partial charge in [-0.3, -0.25) is 9.59 Å². The maximum Gasteiger partial charge on any atom is 0.307 e. The smallest absolute Gasteiger partial charge is 0.307 e. The first kappa shape index (κ1) is 13.9. The van der Waals surface area contributed by atoms with Gasteiger partial charge in [-0.1, -0.05) is 12.8 Å². The summed E-state index contributed by atoms with van der Waals surface area (Å²) in [5.41, 5.74) is 0. The quantitative estimate of drug-likeness (QED) is 0.813. The van der Waals surface area contributed by atoms with Gasteiger partial charge < -0.3 is 10.0 Å². The van der Waals surface area contributed by atoms with E-state index in [1.54, 1.807) is 0 Å². The van der Waals surface area contributed by atoms with Crippen LogP contribution < -0.4 is 0 Å². The number of carbonyl (C=O) groups is 2. The summed E-state index contributed by atoms with van der Waals surface area (Å²) in [5, 5.41) is 9.36. The van der Waals surface area contributed by atoms with Crippen molar-refractivity contribution in [2.45, 2.75) is 51.4 Å². The average Bonchev–Trinajstić information content (AvgIpc) is 3.32. The van der Waals surface area contributed by atoms with Gasteiger partial charge in [0, 0.05) is 13.1 Å². The van der Waals surface area contributed by atoms with Crippen molar-refractivity contribution in [3.8, 4) is 0 Å². The van der Waals surface area contributed by atoms with Crippen LogP contribution in [-0.4, -0.2) is 35.0 Å². The first-order valence-electron chi connectivity index (χ1n) is 8.16. The third kappa shape index (κ3) is 3.33. The van der Waals surface area contributed by atoms with Crippen LogP contribution in [-0.2, 0) is 9.59 Å². The summed E-state index contributed by atoms with van der Waals surface area (Å²) in [4.78, 5) is 26.2. The molecular weight excluding hydrogens is 254 g/mol. The molecule has 2 atom stereocenters. The summed E-state index contributed by atoms with van der Waals surface area (Å²) in [6.45, 7) is 1.75. The lowest BCUT2D eigenvalue weighted by molar-refractivity contribution is -0.152. The Bertz CT molecular complexity index is 373. The highest BCUT2D eigenvalue weighted by Gasteiger charge is 2.40. The zero-order chi connectivity index (χ0) is 14.1. The lowest BCUT2D eigenvalue weighted by atomic mass is 9.78. The molecule has 20 heavy (non-hydrogen) atoms. The highest BCUT2D eigenvalue weighted by atomic mass is 16.4. The fourth-order valence-corrected chi connectivity index (χ4v) is 3.44. The van der Waals surface area contributed by atoms with E-state index in [0.717, 1.165) is 32.4 Å². The van der Waals surface area contributed by atoms with Crippen LogP contribution >= 0.6 is 0 Å². The Morgan fingerprint density at radius 2 is 1.35 bits per heavy atom. The van der Waals surface area contributed by atoms with Gasteiger partial charge in [-0.25, -0.2) is 0 Å². The topological polar surface area (TPSA) is 57.6 Å². The average molecular weight is 279 g/mol. The van der Waals surface area contributed by atoms with Crippen molar-refractivity contribution in [1.82, 2.24) is 4.90 Å². The standard InChI is InChI=1S/C16H25NO3/c18-15(13-3-1-2-4-14(13)16(19)20)17(9-11-5-6-11)10-12-7-8-12/h11-14H,1-10H2,(H,19,20). The molecule has 0 aromatic carbocycles. The van der Waals surface area contributed by atoms with Crippen LogP contribution in [0, 0.1) is 23.7 Å². The molecule has 3 rings (SSSR count). The second-order valence-corrected chi connectivity index (χ2v) is 6.97. The minimum Gasteiger partial charge on any atom is -0.481 e. The lowest BCUT2D eigenvalue weighted by Crippen LogP contribution is -2.44. The predicted molar refractivity (Wildman–Crippen MR) is 75.1 cm³/mol. The Kier molecular flexibility index (Phi) is 3.99. The molecule has 0 saturated heterocycles. The van der Waals surface area contributed by atoms with E-state index < -0.39 is 11.9 Å². The maximum atomic E-state index is 12.8. The van der Waals surface area contributed by atoms with E-state index in [0.29, 0.717) is 18.3 Å². The number of carboxylic acid groups (broad SMARTS) is 1. The fourth-order valence-electron chi connectivity index (χ4n) is 3.44. The van der Waals surface area contributed by atoms with Gasteiger partial charge in [0.25, 0.3) is 0 Å². The highest BCUT2D eigenvalue weighted by Crippen LogP contribution is 2.37. The van der Waals surface area contributed by atoms with Gasteiger partial charge in [0.1, 0.15) is 0 Å². The van der Waals surface area contributed by atoms with E-state index in [1.165, 1.54) is 25.7 Å². The molecule has 0 aliphatic heterocycles. The molecule has 112 valence electrons. The molecule has 3 aliphatic rings. The van der Waals surface area contributed by atoms with E-state index in [4.69, 9.17) is 0 Å². The van der Waals surface area contributed by atoms with Crippen LogP contribution in [0.4, 0.5) is 0 Å². The first-order valence-corrected chi connectivity index (χ1v) is 8.16. The summed E-state index contributed by atoms with van der Waals surface area (Å²) < 4.78 is 0. The number of hydrogen-bond acceptors (Lipinski definition) is 2. The van der Waals surface area contributed by atoms with Crippen molar-refractivity contribution in [2.75, 3.05) is 13.1 Å². The molecule has 0 aromatic heterocycles. The molecule has 3 aliphatic carbocycles. The summed E-state index contributed by atoms with van der Waals surface area (Å²) in [6, 6.07) is 0. The summed E-state index contributed by atoms with van der Waals surface area (Å²) in [5.74, 6) is 0.0155. The third-order valence-corrected chi connectivity index (χ3v) is 5.06. The van der Waals surface area contributed by atoms with Gasteiger partial charge in [0.15, 0.2) is 0 Å². The molecule has 1 amide bonds. The SMILES string of the molecule is O=C(O)C1CCCCC1C(=O)N(CC1CC1)CC1CC1. The maximum absolute atomic E-state index is 12.8. The number of rotatable bonds is 6. The van der Waals surface area contributed by atoms with Crippen molar-refractivity contribution in [1.29, 1.82) is 0 Å². The second kappa shape index (κ2) is 5.74. The van der Waals surface area contributed by atoms with Gasteiger partial charge in [-0.15, -0.1) is 0 Å². The number of carboxylic acids is 1. The number of amides is 1. The van der Waals surface area contributed by atoms with Crippen LogP contribution in [0.15, 0.2) is 0 Å². The van der Waals surface area contributed by atoms with Crippen LogP contribution in [0.1, 0.15) is 51.4 Å². The summed E-state index contributed by atoms with van der Waals surface area (Å²) in [6.07, 6.45) is 8.34. The van der Waals surface area contributed by atoms with Crippen molar-refractivity contribution in [3.05, 3.63) is 0 Å². The summed E-state index contributed by atoms with van der Waals surface area (Å²) >= 11 is 0. The minimum absolute atomic E-state index is 0.135. The summed E-state index contributed by atoms with van der Waals surface area (Å²) in [7, 11) is 0. The second-order valence-electron chi connectivity index (χ2n) is 6.97. The van der Waals surface area contributed by atoms with E-state index in [-0.39, 0.29) is 11.8 Å². The molecule has 0 spiro atoms. The Labute approximate surface area is 120 Å². The number of nitrogens with zero attached hydrogens (tertiary/aromatic N) is 1. The molecule has 0 heterocycles. The van der Waals surface area contributed by atoms with Gasteiger partial charge in [0.2, 0.25) is 5.91 Å². The van der Waals surface area contributed by atoms with E-state index >= 15 is 0 Å². The van der Waals surface area contributed by atoms with Crippen molar-refractivity contribution in [3.63, 3.8) is 0 Å².